The van der Waals surface area contributed by atoms with Crippen molar-refractivity contribution in [2.24, 2.45) is 0 Å². The van der Waals surface area contributed by atoms with E-state index in [0.29, 0.717) is 28.1 Å². The molecule has 0 atom stereocenters. The lowest BCUT2D eigenvalue weighted by Crippen LogP contribution is -2.67. The monoisotopic (exact) mass is 368 g/mol. The van der Waals surface area contributed by atoms with Gasteiger partial charge in [-0.1, -0.05) is 54.1 Å². The molecule has 5 nitrogen and oxygen atoms in total. The zero-order chi connectivity index (χ0) is 19.5. The lowest BCUT2D eigenvalue weighted by atomic mass is 9.93. The van der Waals surface area contributed by atoms with E-state index in [1.807, 2.05) is 19.1 Å². The highest BCUT2D eigenvalue weighted by Gasteiger charge is 2.61. The number of fused-ring (bicyclic) bond motifs is 2. The molecule has 1 spiro atoms. The highest BCUT2D eigenvalue weighted by Crippen LogP contribution is 2.42. The topological polar surface area (TPSA) is 66.5 Å². The van der Waals surface area contributed by atoms with Gasteiger partial charge in [0.15, 0.2) is 0 Å². The molecule has 2 aliphatic rings. The molecule has 136 valence electrons. The largest absolute Gasteiger partial charge is 0.349 e. The molecule has 1 N–H and O–H groups in total. The Morgan fingerprint density at radius 2 is 1.25 bits per heavy atom. The van der Waals surface area contributed by atoms with Gasteiger partial charge in [-0.25, -0.2) is 0 Å². The number of hydrogen-bond donors (Lipinski definition) is 1. The molecule has 0 saturated heterocycles. The van der Waals surface area contributed by atoms with Crippen LogP contribution in [0.5, 0.6) is 0 Å². The van der Waals surface area contributed by atoms with Crippen LogP contribution in [0.25, 0.3) is 0 Å². The molecule has 1 aliphatic heterocycles. The number of carbonyl (C=O) groups excluding carboxylic acids is 3. The smallest absolute Gasteiger partial charge is 0.263 e. The molecule has 0 saturated carbocycles. The van der Waals surface area contributed by atoms with Gasteiger partial charge in [-0.15, -0.1) is 0 Å². The summed E-state index contributed by atoms with van der Waals surface area (Å²) in [6.45, 7) is 1.94. The molecule has 1 heterocycles. The number of rotatable bonds is 1. The Kier molecular flexibility index (Phi) is 3.31. The quantitative estimate of drug-likeness (QED) is 0.663. The normalized spacial score (nSPS) is 16.8. The molecule has 1 amide bonds. The molecule has 1 aliphatic carbocycles. The van der Waals surface area contributed by atoms with Crippen LogP contribution in [-0.4, -0.2) is 23.1 Å². The fraction of sp³-hybridized carbons (Fsp3) is 0.0870. The van der Waals surface area contributed by atoms with Crippen LogP contribution in [-0.2, 0) is 0 Å². The Morgan fingerprint density at radius 3 is 1.86 bits per heavy atom. The molecule has 0 radical (unpaired) electrons. The molecule has 28 heavy (non-hydrogen) atoms. The van der Waals surface area contributed by atoms with Crippen molar-refractivity contribution in [3.05, 3.63) is 95.1 Å². The predicted octanol–water partition coefficient (Wildman–Crippen LogP) is 3.84. The highest BCUT2D eigenvalue weighted by atomic mass is 16.2. The number of benzene rings is 3. The van der Waals surface area contributed by atoms with Crippen molar-refractivity contribution < 1.29 is 14.4 Å². The van der Waals surface area contributed by atoms with Crippen molar-refractivity contribution in [1.82, 2.24) is 0 Å². The molecule has 0 unspecified atom stereocenters. The first-order valence-corrected chi connectivity index (χ1v) is 9.01. The van der Waals surface area contributed by atoms with Crippen molar-refractivity contribution in [2.75, 3.05) is 10.2 Å². The molecule has 5 heteroatoms. The first-order chi connectivity index (χ1) is 13.5. The Hall–Kier alpha value is -3.73. The van der Waals surface area contributed by atoms with Crippen LogP contribution in [0.15, 0.2) is 72.8 Å². The summed E-state index contributed by atoms with van der Waals surface area (Å²) in [7, 11) is 0. The number of nitrogens with one attached hydrogen (secondary N) is 1. The lowest BCUT2D eigenvalue weighted by Gasteiger charge is -2.43. The molecule has 0 aromatic heterocycles. The van der Waals surface area contributed by atoms with Crippen LogP contribution in [0.2, 0.25) is 0 Å². The van der Waals surface area contributed by atoms with Gasteiger partial charge in [0.2, 0.25) is 17.2 Å². The molecule has 0 fully saturated rings. The SMILES string of the molecule is Cc1ccc(N2C(=O)c3ccccc3NC23C(=O)c2ccccc2C3=O)cc1. The van der Waals surface area contributed by atoms with E-state index in [4.69, 9.17) is 0 Å². The first-order valence-electron chi connectivity index (χ1n) is 9.01. The van der Waals surface area contributed by atoms with E-state index in [2.05, 4.69) is 5.32 Å². The fourth-order valence-corrected chi connectivity index (χ4v) is 4.00. The van der Waals surface area contributed by atoms with Crippen molar-refractivity contribution in [2.45, 2.75) is 12.6 Å². The van der Waals surface area contributed by atoms with Gasteiger partial charge in [-0.3, -0.25) is 19.3 Å². The third-order valence-electron chi connectivity index (χ3n) is 5.38. The standard InChI is InChI=1S/C23H16N2O3/c1-14-10-12-15(13-11-14)25-22(28)18-8-4-5-9-19(18)24-23(25)20(26)16-6-2-3-7-17(16)21(23)27/h2-13,24H,1H3. The number of ketones is 2. The van der Waals surface area contributed by atoms with Gasteiger partial charge in [0.05, 0.1) is 5.56 Å². The number of aryl methyl sites for hydroxylation is 1. The summed E-state index contributed by atoms with van der Waals surface area (Å²) in [5.41, 5.74) is 1.24. The van der Waals surface area contributed by atoms with Gasteiger partial charge >= 0.3 is 0 Å². The van der Waals surface area contributed by atoms with Crippen LogP contribution in [0.4, 0.5) is 11.4 Å². The van der Waals surface area contributed by atoms with Crippen LogP contribution in [0.1, 0.15) is 36.6 Å². The van der Waals surface area contributed by atoms with Gasteiger partial charge in [-0.05, 0) is 31.2 Å². The van der Waals surface area contributed by atoms with Crippen LogP contribution in [0, 0.1) is 6.92 Å². The number of amides is 1. The average molecular weight is 368 g/mol. The van der Waals surface area contributed by atoms with E-state index in [9.17, 15) is 14.4 Å². The summed E-state index contributed by atoms with van der Waals surface area (Å²) < 4.78 is 0. The van der Waals surface area contributed by atoms with Gasteiger partial charge in [0, 0.05) is 22.5 Å². The summed E-state index contributed by atoms with van der Waals surface area (Å²) >= 11 is 0. The molecule has 5 rings (SSSR count). The highest BCUT2D eigenvalue weighted by molar-refractivity contribution is 6.39. The summed E-state index contributed by atoms with van der Waals surface area (Å²) in [5.74, 6) is -1.22. The minimum Gasteiger partial charge on any atom is -0.349 e. The van der Waals surface area contributed by atoms with Crippen LogP contribution >= 0.6 is 0 Å². The van der Waals surface area contributed by atoms with Crippen LogP contribution in [0.3, 0.4) is 0 Å². The maximum absolute atomic E-state index is 13.5. The minimum atomic E-state index is -1.82. The predicted molar refractivity (Wildman–Crippen MR) is 106 cm³/mol. The zero-order valence-electron chi connectivity index (χ0n) is 15.1. The number of anilines is 2. The summed E-state index contributed by atoms with van der Waals surface area (Å²) in [6, 6.07) is 20.9. The summed E-state index contributed by atoms with van der Waals surface area (Å²) in [5, 5.41) is 3.12. The average Bonchev–Trinajstić information content (AvgIpc) is 2.92. The second kappa shape index (κ2) is 5.63. The molecule has 3 aromatic rings. The maximum Gasteiger partial charge on any atom is 0.263 e. The van der Waals surface area contributed by atoms with E-state index < -0.39 is 17.2 Å². The number of nitrogens with zero attached hydrogens (tertiary/aromatic N) is 1. The van der Waals surface area contributed by atoms with Crippen LogP contribution < -0.4 is 10.2 Å². The lowest BCUT2D eigenvalue weighted by molar-refractivity contribution is 0.0764. The van der Waals surface area contributed by atoms with E-state index >= 15 is 0 Å². The van der Waals surface area contributed by atoms with Gasteiger partial charge in [-0.2, -0.15) is 0 Å². The number of Topliss-reactive ketones (excluding diaryl/α,β-unsaturated/α-hetero) is 2. The van der Waals surface area contributed by atoms with Crippen molar-refractivity contribution in [3.63, 3.8) is 0 Å². The number of para-hydroxylation sites is 1. The van der Waals surface area contributed by atoms with Gasteiger partial charge < -0.3 is 5.32 Å². The van der Waals surface area contributed by atoms with Crippen molar-refractivity contribution >= 4 is 28.8 Å². The Morgan fingerprint density at radius 1 is 0.714 bits per heavy atom. The Bertz CT molecular complexity index is 1130. The molecular weight excluding hydrogens is 352 g/mol. The summed E-state index contributed by atoms with van der Waals surface area (Å²) in [6.07, 6.45) is 0. The van der Waals surface area contributed by atoms with Crippen molar-refractivity contribution in [1.29, 1.82) is 0 Å². The summed E-state index contributed by atoms with van der Waals surface area (Å²) in [4.78, 5) is 41.8. The Balaban J connectivity index is 1.80. The van der Waals surface area contributed by atoms with E-state index in [0.717, 1.165) is 5.56 Å². The van der Waals surface area contributed by atoms with Gasteiger partial charge in [0.1, 0.15) is 0 Å². The Labute approximate surface area is 161 Å². The number of carbonyl (C=O) groups is 3. The molecule has 3 aromatic carbocycles. The first kappa shape index (κ1) is 16.4. The van der Waals surface area contributed by atoms with Crippen molar-refractivity contribution in [3.8, 4) is 0 Å². The molecule has 0 bridgehead atoms. The van der Waals surface area contributed by atoms with E-state index in [-0.39, 0.29) is 5.91 Å². The zero-order valence-corrected chi connectivity index (χ0v) is 15.1. The van der Waals surface area contributed by atoms with E-state index in [1.165, 1.54) is 4.90 Å². The third-order valence-corrected chi connectivity index (χ3v) is 5.38. The second-order valence-corrected chi connectivity index (χ2v) is 7.06. The molecular formula is C23H16N2O3. The minimum absolute atomic E-state index is 0.323. The maximum atomic E-state index is 13.5. The fourth-order valence-electron chi connectivity index (χ4n) is 4.00. The third kappa shape index (κ3) is 1.98. The number of hydrogen-bond acceptors (Lipinski definition) is 4. The van der Waals surface area contributed by atoms with Gasteiger partial charge in [0.25, 0.3) is 5.91 Å². The second-order valence-electron chi connectivity index (χ2n) is 7.06. The van der Waals surface area contributed by atoms with E-state index in [1.54, 1.807) is 60.7 Å².